The van der Waals surface area contributed by atoms with Crippen LogP contribution in [-0.4, -0.2) is 45.9 Å². The molecule has 3 N–H and O–H groups in total. The van der Waals surface area contributed by atoms with Gasteiger partial charge in [-0.15, -0.1) is 0 Å². The van der Waals surface area contributed by atoms with Gasteiger partial charge in [-0.1, -0.05) is 6.92 Å². The van der Waals surface area contributed by atoms with Gasteiger partial charge in [0.2, 0.25) is 5.91 Å². The number of carbonyl (C=O) groups is 1. The van der Waals surface area contributed by atoms with E-state index in [1.165, 1.54) is 0 Å². The van der Waals surface area contributed by atoms with Gasteiger partial charge in [0.15, 0.2) is 0 Å². The van der Waals surface area contributed by atoms with E-state index in [1.54, 1.807) is 7.11 Å². The summed E-state index contributed by atoms with van der Waals surface area (Å²) in [6, 6.07) is 0. The summed E-state index contributed by atoms with van der Waals surface area (Å²) in [5, 5.41) is 3.06. The molecule has 1 rings (SSSR count). The van der Waals surface area contributed by atoms with Gasteiger partial charge in [0, 0.05) is 26.8 Å². The van der Waals surface area contributed by atoms with E-state index < -0.39 is 0 Å². The predicted molar refractivity (Wildman–Crippen MR) is 84.1 cm³/mol. The van der Waals surface area contributed by atoms with Crippen LogP contribution in [0, 0.1) is 11.3 Å². The number of hydrogen-bond acceptors (Lipinski definition) is 4. The predicted octanol–water partition coefficient (Wildman–Crippen LogP) is 1.70. The van der Waals surface area contributed by atoms with E-state index in [1.807, 2.05) is 0 Å². The van der Waals surface area contributed by atoms with Crippen molar-refractivity contribution in [3.05, 3.63) is 0 Å². The van der Waals surface area contributed by atoms with Gasteiger partial charge in [0.1, 0.15) is 0 Å². The Morgan fingerprint density at radius 2 is 1.95 bits per heavy atom. The Labute approximate surface area is 128 Å². The van der Waals surface area contributed by atoms with Gasteiger partial charge in [-0.25, -0.2) is 0 Å². The molecule has 0 radical (unpaired) electrons. The van der Waals surface area contributed by atoms with E-state index in [4.69, 9.17) is 15.2 Å². The highest BCUT2D eigenvalue weighted by Crippen LogP contribution is 2.38. The number of methoxy groups -OCH3 is 1. The van der Waals surface area contributed by atoms with E-state index >= 15 is 0 Å². The number of nitrogens with one attached hydrogen (secondary N) is 1. The minimum absolute atomic E-state index is 0.150. The number of nitrogens with two attached hydrogens (primary N) is 1. The summed E-state index contributed by atoms with van der Waals surface area (Å²) in [5.74, 6) is 0.874. The topological polar surface area (TPSA) is 73.6 Å². The largest absolute Gasteiger partial charge is 0.382 e. The second-order valence-corrected chi connectivity index (χ2v) is 6.24. The van der Waals surface area contributed by atoms with E-state index in [9.17, 15) is 4.79 Å². The van der Waals surface area contributed by atoms with Crippen LogP contribution in [0.2, 0.25) is 0 Å². The number of amides is 1. The minimum Gasteiger partial charge on any atom is -0.382 e. The number of rotatable bonds is 10. The van der Waals surface area contributed by atoms with Crippen LogP contribution in [0.5, 0.6) is 0 Å². The van der Waals surface area contributed by atoms with Crippen LogP contribution in [0.3, 0.4) is 0 Å². The fourth-order valence-electron chi connectivity index (χ4n) is 2.80. The monoisotopic (exact) mass is 300 g/mol. The summed E-state index contributed by atoms with van der Waals surface area (Å²) in [5.41, 5.74) is 5.57. The van der Waals surface area contributed by atoms with E-state index in [0.717, 1.165) is 51.0 Å². The molecule has 0 aliphatic heterocycles. The molecule has 0 spiro atoms. The fourth-order valence-corrected chi connectivity index (χ4v) is 2.80. The molecule has 124 valence electrons. The van der Waals surface area contributed by atoms with Crippen LogP contribution in [0.4, 0.5) is 0 Å². The maximum Gasteiger partial charge on any atom is 0.227 e. The van der Waals surface area contributed by atoms with Crippen molar-refractivity contribution in [3.63, 3.8) is 0 Å². The van der Waals surface area contributed by atoms with Crippen molar-refractivity contribution >= 4 is 5.91 Å². The highest BCUT2D eigenvalue weighted by atomic mass is 16.5. The van der Waals surface area contributed by atoms with Crippen LogP contribution in [0.1, 0.15) is 45.4 Å². The van der Waals surface area contributed by atoms with Gasteiger partial charge in [0.05, 0.1) is 18.6 Å². The number of hydrogen-bond donors (Lipinski definition) is 2. The third kappa shape index (κ3) is 6.32. The maximum atomic E-state index is 12.4. The highest BCUT2D eigenvalue weighted by molar-refractivity contribution is 5.83. The molecule has 1 amide bonds. The molecule has 0 unspecified atom stereocenters. The molecule has 0 aromatic carbocycles. The quantitative estimate of drug-likeness (QED) is 0.602. The molecule has 21 heavy (non-hydrogen) atoms. The second kappa shape index (κ2) is 10.1. The van der Waals surface area contributed by atoms with Crippen LogP contribution >= 0.6 is 0 Å². The van der Waals surface area contributed by atoms with E-state index in [-0.39, 0.29) is 11.3 Å². The van der Waals surface area contributed by atoms with E-state index in [0.29, 0.717) is 26.3 Å². The Kier molecular flexibility index (Phi) is 8.88. The number of ether oxygens (including phenoxy) is 2. The van der Waals surface area contributed by atoms with Crippen molar-refractivity contribution < 1.29 is 14.3 Å². The molecule has 5 nitrogen and oxygen atoms in total. The zero-order chi connectivity index (χ0) is 15.6. The first-order valence-electron chi connectivity index (χ1n) is 8.19. The molecule has 1 fully saturated rings. The Balaban J connectivity index is 2.14. The van der Waals surface area contributed by atoms with Crippen molar-refractivity contribution in [2.75, 3.05) is 40.0 Å². The minimum atomic E-state index is -0.318. The lowest BCUT2D eigenvalue weighted by Gasteiger charge is -2.37. The standard InChI is InChI=1S/C16H32N2O3/c1-14-5-7-16(13-17,8-6-14)15(19)18-9-3-4-10-21-12-11-20-2/h14H,3-13,17H2,1-2H3,(H,18,19). The van der Waals surface area contributed by atoms with E-state index in [2.05, 4.69) is 12.2 Å². The average Bonchev–Trinajstić information content (AvgIpc) is 2.51. The molecular formula is C16H32N2O3. The van der Waals surface area contributed by atoms with Gasteiger partial charge >= 0.3 is 0 Å². The maximum absolute atomic E-state index is 12.4. The first-order valence-corrected chi connectivity index (χ1v) is 8.19. The van der Waals surface area contributed by atoms with Crippen molar-refractivity contribution in [2.24, 2.45) is 17.1 Å². The molecule has 1 aliphatic carbocycles. The molecular weight excluding hydrogens is 268 g/mol. The highest BCUT2D eigenvalue weighted by Gasteiger charge is 2.39. The first-order chi connectivity index (χ1) is 10.1. The summed E-state index contributed by atoms with van der Waals surface area (Å²) in [6.07, 6.45) is 5.97. The van der Waals surface area contributed by atoms with Crippen LogP contribution in [0.15, 0.2) is 0 Å². The van der Waals surface area contributed by atoms with Crippen LogP contribution in [0.25, 0.3) is 0 Å². The zero-order valence-electron chi connectivity index (χ0n) is 13.7. The molecule has 0 heterocycles. The summed E-state index contributed by atoms with van der Waals surface area (Å²) >= 11 is 0. The van der Waals surface area contributed by atoms with Gasteiger partial charge in [0.25, 0.3) is 0 Å². The van der Waals surface area contributed by atoms with Crippen molar-refractivity contribution in [2.45, 2.75) is 45.4 Å². The lowest BCUT2D eigenvalue weighted by molar-refractivity contribution is -0.132. The normalized spacial score (nSPS) is 25.8. The Morgan fingerprint density at radius 1 is 1.24 bits per heavy atom. The Morgan fingerprint density at radius 3 is 2.57 bits per heavy atom. The van der Waals surface area contributed by atoms with Gasteiger partial charge in [-0.3, -0.25) is 4.79 Å². The van der Waals surface area contributed by atoms with Crippen molar-refractivity contribution in [1.29, 1.82) is 0 Å². The van der Waals surface area contributed by atoms with Crippen LogP contribution < -0.4 is 11.1 Å². The number of carbonyl (C=O) groups excluding carboxylic acids is 1. The smallest absolute Gasteiger partial charge is 0.227 e. The first kappa shape index (κ1) is 18.4. The summed E-state index contributed by atoms with van der Waals surface area (Å²) in [7, 11) is 1.66. The summed E-state index contributed by atoms with van der Waals surface area (Å²) in [4.78, 5) is 12.4. The fraction of sp³-hybridized carbons (Fsp3) is 0.938. The lowest BCUT2D eigenvalue weighted by atomic mass is 9.70. The van der Waals surface area contributed by atoms with Crippen molar-refractivity contribution in [1.82, 2.24) is 5.32 Å². The molecule has 0 saturated heterocycles. The molecule has 0 atom stereocenters. The summed E-state index contributed by atoms with van der Waals surface area (Å²) < 4.78 is 10.3. The molecule has 0 aromatic rings. The van der Waals surface area contributed by atoms with Crippen LogP contribution in [-0.2, 0) is 14.3 Å². The Bertz CT molecular complexity index is 289. The molecule has 0 aromatic heterocycles. The van der Waals surface area contributed by atoms with Gasteiger partial charge in [-0.05, 0) is 44.4 Å². The SMILES string of the molecule is COCCOCCCCNC(=O)C1(CN)CCC(C)CC1. The molecule has 1 saturated carbocycles. The van der Waals surface area contributed by atoms with Gasteiger partial charge < -0.3 is 20.5 Å². The average molecular weight is 300 g/mol. The lowest BCUT2D eigenvalue weighted by Crippen LogP contribution is -2.48. The third-order valence-corrected chi connectivity index (χ3v) is 4.54. The van der Waals surface area contributed by atoms with Crippen molar-refractivity contribution in [3.8, 4) is 0 Å². The Hall–Kier alpha value is -0.650. The summed E-state index contributed by atoms with van der Waals surface area (Å²) in [6.45, 7) is 5.42. The molecule has 1 aliphatic rings. The second-order valence-electron chi connectivity index (χ2n) is 6.24. The van der Waals surface area contributed by atoms with Gasteiger partial charge in [-0.2, -0.15) is 0 Å². The molecule has 0 bridgehead atoms. The molecule has 5 heteroatoms. The zero-order valence-corrected chi connectivity index (χ0v) is 13.7. The number of unbranched alkanes of at least 4 members (excludes halogenated alkanes) is 1. The third-order valence-electron chi connectivity index (χ3n) is 4.54.